The lowest BCUT2D eigenvalue weighted by Crippen LogP contribution is -2.41. The predicted octanol–water partition coefficient (Wildman–Crippen LogP) is 3.22. The first-order valence-electron chi connectivity index (χ1n) is 7.42. The van der Waals surface area contributed by atoms with Crippen LogP contribution in [0.15, 0.2) is 18.2 Å². The summed E-state index contributed by atoms with van der Waals surface area (Å²) in [5, 5.41) is 12.9. The van der Waals surface area contributed by atoms with Crippen molar-refractivity contribution < 1.29 is 14.6 Å². The number of hydrogen-bond donors (Lipinski definition) is 2. The van der Waals surface area contributed by atoms with Gasteiger partial charge in [0.25, 0.3) is 5.91 Å². The van der Waals surface area contributed by atoms with Crippen molar-refractivity contribution in [3.63, 3.8) is 0 Å². The van der Waals surface area contributed by atoms with Crippen LogP contribution >= 0.6 is 11.6 Å². The molecule has 1 aromatic carbocycles. The maximum absolute atomic E-state index is 12.1. The molecule has 2 atom stereocenters. The van der Waals surface area contributed by atoms with E-state index in [1.54, 1.807) is 32.0 Å². The second-order valence-electron chi connectivity index (χ2n) is 5.62. The number of carbonyl (C=O) groups excluding carboxylic acids is 1. The Morgan fingerprint density at radius 2 is 2.05 bits per heavy atom. The summed E-state index contributed by atoms with van der Waals surface area (Å²) < 4.78 is 5.63. The zero-order valence-electron chi connectivity index (χ0n) is 12.4. The number of nitrogens with one attached hydrogen (secondary N) is 1. The zero-order valence-corrected chi connectivity index (χ0v) is 13.2. The third-order valence-electron chi connectivity index (χ3n) is 3.81. The molecule has 116 valence electrons. The molecule has 0 radical (unpaired) electrons. The monoisotopic (exact) mass is 311 g/mol. The average molecular weight is 312 g/mol. The molecule has 0 bridgehead atoms. The number of hydrogen-bond acceptors (Lipinski definition) is 3. The molecule has 1 saturated carbocycles. The van der Waals surface area contributed by atoms with Gasteiger partial charge in [-0.2, -0.15) is 0 Å². The molecule has 21 heavy (non-hydrogen) atoms. The summed E-state index contributed by atoms with van der Waals surface area (Å²) in [6, 6.07) is 5.36. The summed E-state index contributed by atoms with van der Waals surface area (Å²) in [4.78, 5) is 12.1. The van der Waals surface area contributed by atoms with Crippen LogP contribution in [-0.4, -0.2) is 23.2 Å². The molecule has 1 unspecified atom stereocenters. The molecule has 0 spiro atoms. The van der Waals surface area contributed by atoms with Gasteiger partial charge in [0.15, 0.2) is 6.10 Å². The smallest absolute Gasteiger partial charge is 0.260 e. The normalized spacial score (nSPS) is 18.3. The Morgan fingerprint density at radius 1 is 1.38 bits per heavy atom. The fourth-order valence-electron chi connectivity index (χ4n) is 2.51. The zero-order chi connectivity index (χ0) is 15.4. The van der Waals surface area contributed by atoms with Gasteiger partial charge in [0.1, 0.15) is 5.75 Å². The number of carbonyl (C=O) groups is 1. The molecule has 1 amide bonds. The number of aliphatic hydroxyl groups is 1. The third kappa shape index (κ3) is 4.35. The van der Waals surface area contributed by atoms with Gasteiger partial charge in [-0.15, -0.1) is 0 Å². The van der Waals surface area contributed by atoms with Gasteiger partial charge in [-0.05, 0) is 44.4 Å². The Balaban J connectivity index is 1.95. The Kier molecular flexibility index (Phi) is 5.48. The van der Waals surface area contributed by atoms with Gasteiger partial charge in [0.2, 0.25) is 0 Å². The Labute approximate surface area is 130 Å². The molecule has 2 rings (SSSR count). The number of halogens is 1. The lowest BCUT2D eigenvalue weighted by molar-refractivity contribution is -0.127. The van der Waals surface area contributed by atoms with Crippen molar-refractivity contribution in [1.82, 2.24) is 5.32 Å². The van der Waals surface area contributed by atoms with Gasteiger partial charge in [0.05, 0.1) is 11.1 Å². The maximum atomic E-state index is 12.1. The van der Waals surface area contributed by atoms with Crippen LogP contribution in [0.1, 0.15) is 51.2 Å². The van der Waals surface area contributed by atoms with Crippen molar-refractivity contribution in [1.29, 1.82) is 0 Å². The number of benzene rings is 1. The highest BCUT2D eigenvalue weighted by Crippen LogP contribution is 2.28. The van der Waals surface area contributed by atoms with Crippen LogP contribution in [0, 0.1) is 0 Å². The van der Waals surface area contributed by atoms with Crippen LogP contribution in [0.25, 0.3) is 0 Å². The fourth-order valence-corrected chi connectivity index (χ4v) is 2.74. The van der Waals surface area contributed by atoms with Crippen molar-refractivity contribution in [2.24, 2.45) is 0 Å². The number of amides is 1. The molecular formula is C16H22ClNO3. The quantitative estimate of drug-likeness (QED) is 0.878. The Bertz CT molecular complexity index is 498. The highest BCUT2D eigenvalue weighted by atomic mass is 35.5. The maximum Gasteiger partial charge on any atom is 0.260 e. The van der Waals surface area contributed by atoms with Crippen molar-refractivity contribution in [3.8, 4) is 5.75 Å². The topological polar surface area (TPSA) is 58.6 Å². The first kappa shape index (κ1) is 16.1. The minimum Gasteiger partial charge on any atom is -0.479 e. The largest absolute Gasteiger partial charge is 0.479 e. The molecule has 0 aliphatic heterocycles. The van der Waals surface area contributed by atoms with Crippen molar-refractivity contribution in [2.45, 2.75) is 57.8 Å². The van der Waals surface area contributed by atoms with Gasteiger partial charge in [-0.1, -0.05) is 30.5 Å². The standard InChI is InChI=1S/C16H22ClNO3/c1-10(19)12-7-8-15(14(17)9-12)21-11(2)16(20)18-13-5-3-4-6-13/h7-11,13,19H,3-6H2,1-2H3,(H,18,20)/t10-,11?/m1/s1. The molecule has 1 fully saturated rings. The number of ether oxygens (including phenoxy) is 1. The highest BCUT2D eigenvalue weighted by Gasteiger charge is 2.22. The minimum absolute atomic E-state index is 0.113. The number of rotatable bonds is 5. The number of aliphatic hydroxyl groups excluding tert-OH is 1. The van der Waals surface area contributed by atoms with Crippen LogP contribution in [0.3, 0.4) is 0 Å². The van der Waals surface area contributed by atoms with Gasteiger partial charge in [-0.3, -0.25) is 4.79 Å². The van der Waals surface area contributed by atoms with Crippen LogP contribution in [0.5, 0.6) is 5.75 Å². The summed E-state index contributed by atoms with van der Waals surface area (Å²) in [7, 11) is 0. The van der Waals surface area contributed by atoms with Crippen molar-refractivity contribution in [3.05, 3.63) is 28.8 Å². The highest BCUT2D eigenvalue weighted by molar-refractivity contribution is 6.32. The lowest BCUT2D eigenvalue weighted by Gasteiger charge is -2.19. The van der Waals surface area contributed by atoms with Gasteiger partial charge in [0, 0.05) is 6.04 Å². The minimum atomic E-state index is -0.597. The van der Waals surface area contributed by atoms with E-state index < -0.39 is 12.2 Å². The fraction of sp³-hybridized carbons (Fsp3) is 0.562. The van der Waals surface area contributed by atoms with Crippen molar-refractivity contribution >= 4 is 17.5 Å². The van der Waals surface area contributed by atoms with E-state index in [1.165, 1.54) is 12.8 Å². The van der Waals surface area contributed by atoms with Crippen LogP contribution < -0.4 is 10.1 Å². The average Bonchev–Trinajstić information content (AvgIpc) is 2.93. The molecule has 1 aromatic rings. The van der Waals surface area contributed by atoms with E-state index in [-0.39, 0.29) is 11.9 Å². The Hall–Kier alpha value is -1.26. The van der Waals surface area contributed by atoms with Crippen LogP contribution in [0.4, 0.5) is 0 Å². The first-order chi connectivity index (χ1) is 9.97. The third-order valence-corrected chi connectivity index (χ3v) is 4.11. The van der Waals surface area contributed by atoms with E-state index in [1.807, 2.05) is 0 Å². The summed E-state index contributed by atoms with van der Waals surface area (Å²) in [6.07, 6.45) is 3.25. The molecular weight excluding hydrogens is 290 g/mol. The van der Waals surface area contributed by atoms with E-state index in [0.717, 1.165) is 18.4 Å². The second-order valence-corrected chi connectivity index (χ2v) is 6.02. The molecule has 1 aliphatic carbocycles. The van der Waals surface area contributed by atoms with E-state index in [4.69, 9.17) is 16.3 Å². The molecule has 4 nitrogen and oxygen atoms in total. The lowest BCUT2D eigenvalue weighted by atomic mass is 10.1. The summed E-state index contributed by atoms with van der Waals surface area (Å²) in [5.74, 6) is 0.340. The first-order valence-corrected chi connectivity index (χ1v) is 7.79. The van der Waals surface area contributed by atoms with Crippen molar-refractivity contribution in [2.75, 3.05) is 0 Å². The summed E-state index contributed by atoms with van der Waals surface area (Å²) in [5.41, 5.74) is 0.718. The molecule has 0 heterocycles. The van der Waals surface area contributed by atoms with E-state index in [9.17, 15) is 9.90 Å². The summed E-state index contributed by atoms with van der Waals surface area (Å²) in [6.45, 7) is 3.38. The van der Waals surface area contributed by atoms with E-state index in [0.29, 0.717) is 10.8 Å². The van der Waals surface area contributed by atoms with Gasteiger partial charge in [-0.25, -0.2) is 0 Å². The predicted molar refractivity (Wildman–Crippen MR) is 82.6 cm³/mol. The van der Waals surface area contributed by atoms with E-state index >= 15 is 0 Å². The Morgan fingerprint density at radius 3 is 2.62 bits per heavy atom. The molecule has 5 heteroatoms. The molecule has 0 saturated heterocycles. The SMILES string of the molecule is CC(Oc1ccc([C@@H](C)O)cc1Cl)C(=O)NC1CCCC1. The molecule has 2 N–H and O–H groups in total. The molecule has 1 aliphatic rings. The van der Waals surface area contributed by atoms with Gasteiger partial charge < -0.3 is 15.2 Å². The van der Waals surface area contributed by atoms with Crippen LogP contribution in [-0.2, 0) is 4.79 Å². The van der Waals surface area contributed by atoms with Gasteiger partial charge >= 0.3 is 0 Å². The second kappa shape index (κ2) is 7.14. The summed E-state index contributed by atoms with van der Waals surface area (Å²) >= 11 is 6.12. The van der Waals surface area contributed by atoms with Crippen LogP contribution in [0.2, 0.25) is 5.02 Å². The molecule has 0 aromatic heterocycles. The van der Waals surface area contributed by atoms with E-state index in [2.05, 4.69) is 5.32 Å².